The summed E-state index contributed by atoms with van der Waals surface area (Å²) >= 11 is 0. The van der Waals surface area contributed by atoms with E-state index in [1.165, 1.54) is 6.20 Å². The molecule has 0 fully saturated rings. The van der Waals surface area contributed by atoms with E-state index in [2.05, 4.69) is 11.6 Å². The van der Waals surface area contributed by atoms with Crippen LogP contribution in [0, 0.1) is 0 Å². The Morgan fingerprint density at radius 1 is 1.33 bits per heavy atom. The number of para-hydroxylation sites is 1. The van der Waals surface area contributed by atoms with Crippen LogP contribution in [0.1, 0.15) is 23.0 Å². The third-order valence-electron chi connectivity index (χ3n) is 3.03. The van der Waals surface area contributed by atoms with E-state index >= 15 is 0 Å². The second-order valence-corrected chi connectivity index (χ2v) is 4.28. The third-order valence-corrected chi connectivity index (χ3v) is 3.03. The van der Waals surface area contributed by atoms with Crippen molar-refractivity contribution in [2.24, 2.45) is 0 Å². The molecular weight excluding hydrogens is 266 g/mol. The van der Waals surface area contributed by atoms with Gasteiger partial charge in [0.15, 0.2) is 0 Å². The first-order valence-corrected chi connectivity index (χ1v) is 6.64. The second-order valence-electron chi connectivity index (χ2n) is 4.28. The monoisotopic (exact) mass is 283 g/mol. The molecule has 1 aromatic carbocycles. The summed E-state index contributed by atoms with van der Waals surface area (Å²) in [6, 6.07) is 9.31. The van der Waals surface area contributed by atoms with E-state index in [-0.39, 0.29) is 0 Å². The van der Waals surface area contributed by atoms with Gasteiger partial charge in [0.25, 0.3) is 0 Å². The van der Waals surface area contributed by atoms with Crippen LogP contribution < -0.4 is 4.74 Å². The molecule has 0 saturated carbocycles. The fourth-order valence-corrected chi connectivity index (χ4v) is 2.04. The summed E-state index contributed by atoms with van der Waals surface area (Å²) in [6.45, 7) is 5.79. The van der Waals surface area contributed by atoms with E-state index in [1.807, 2.05) is 24.3 Å². The number of esters is 1. The van der Waals surface area contributed by atoms with Gasteiger partial charge in [-0.15, -0.1) is 0 Å². The van der Waals surface area contributed by atoms with E-state index in [0.29, 0.717) is 23.6 Å². The molecule has 4 heteroatoms. The van der Waals surface area contributed by atoms with Crippen molar-refractivity contribution in [1.29, 1.82) is 0 Å². The van der Waals surface area contributed by atoms with Gasteiger partial charge in [0.1, 0.15) is 5.75 Å². The Balaban J connectivity index is 2.64. The molecule has 0 N–H and O–H groups in total. The first-order chi connectivity index (χ1) is 10.2. The maximum Gasteiger partial charge on any atom is 0.340 e. The van der Waals surface area contributed by atoms with Crippen molar-refractivity contribution < 1.29 is 14.3 Å². The number of aromatic nitrogens is 1. The van der Waals surface area contributed by atoms with Crippen molar-refractivity contribution in [3.05, 3.63) is 54.4 Å². The lowest BCUT2D eigenvalue weighted by Crippen LogP contribution is -2.08. The van der Waals surface area contributed by atoms with E-state index in [9.17, 15) is 4.79 Å². The molecule has 108 valence electrons. The average Bonchev–Trinajstić information content (AvgIpc) is 2.54. The molecule has 0 spiro atoms. The molecule has 0 atom stereocenters. The Bertz CT molecular complexity index is 665. The lowest BCUT2D eigenvalue weighted by molar-refractivity contribution is 0.0527. The Kier molecular flexibility index (Phi) is 4.72. The maximum atomic E-state index is 12.1. The first-order valence-electron chi connectivity index (χ1n) is 6.64. The lowest BCUT2D eigenvalue weighted by Gasteiger charge is -2.12. The Labute approximate surface area is 124 Å². The van der Waals surface area contributed by atoms with Crippen LogP contribution in [-0.4, -0.2) is 24.7 Å². The molecule has 0 saturated heterocycles. The zero-order valence-electron chi connectivity index (χ0n) is 12.1. The molecule has 4 nitrogen and oxygen atoms in total. The molecule has 21 heavy (non-hydrogen) atoms. The van der Waals surface area contributed by atoms with E-state index in [1.54, 1.807) is 26.2 Å². The van der Waals surface area contributed by atoms with Crippen molar-refractivity contribution >= 4 is 12.0 Å². The molecule has 0 radical (unpaired) electrons. The Morgan fingerprint density at radius 3 is 2.76 bits per heavy atom. The number of pyridine rings is 1. The fourth-order valence-electron chi connectivity index (χ4n) is 2.04. The summed E-state index contributed by atoms with van der Waals surface area (Å²) in [7, 11) is 1.60. The standard InChI is InChI=1S/C17H17NO3/c1-4-12-10-14(13-8-6-7-9-16(13)20-3)15(11-18-12)17(19)21-5-2/h4,6-11H,1,5H2,2-3H3. The number of rotatable bonds is 5. The van der Waals surface area contributed by atoms with Gasteiger partial charge in [-0.1, -0.05) is 24.8 Å². The second kappa shape index (κ2) is 6.70. The average molecular weight is 283 g/mol. The normalized spacial score (nSPS) is 10.0. The predicted molar refractivity (Wildman–Crippen MR) is 82.3 cm³/mol. The molecule has 1 heterocycles. The van der Waals surface area contributed by atoms with Crippen molar-refractivity contribution in [3.8, 4) is 16.9 Å². The van der Waals surface area contributed by atoms with Gasteiger partial charge in [-0.05, 0) is 25.1 Å². The number of carbonyl (C=O) groups excluding carboxylic acids is 1. The number of hydrogen-bond acceptors (Lipinski definition) is 4. The van der Waals surface area contributed by atoms with Gasteiger partial charge in [0, 0.05) is 17.3 Å². The molecule has 0 aliphatic carbocycles. The highest BCUT2D eigenvalue weighted by atomic mass is 16.5. The molecule has 2 rings (SSSR count). The molecule has 0 aliphatic rings. The van der Waals surface area contributed by atoms with Crippen molar-refractivity contribution in [2.75, 3.05) is 13.7 Å². The van der Waals surface area contributed by atoms with E-state index in [4.69, 9.17) is 9.47 Å². The fraction of sp³-hybridized carbons (Fsp3) is 0.176. The van der Waals surface area contributed by atoms with Crippen molar-refractivity contribution in [2.45, 2.75) is 6.92 Å². The third kappa shape index (κ3) is 3.11. The van der Waals surface area contributed by atoms with Crippen LogP contribution in [-0.2, 0) is 4.74 Å². The van der Waals surface area contributed by atoms with Gasteiger partial charge in [-0.3, -0.25) is 4.98 Å². The number of ether oxygens (including phenoxy) is 2. The van der Waals surface area contributed by atoms with Crippen LogP contribution in [0.3, 0.4) is 0 Å². The van der Waals surface area contributed by atoms with Gasteiger partial charge < -0.3 is 9.47 Å². The van der Waals surface area contributed by atoms with E-state index < -0.39 is 5.97 Å². The zero-order valence-corrected chi connectivity index (χ0v) is 12.1. The van der Waals surface area contributed by atoms with Gasteiger partial charge in [-0.2, -0.15) is 0 Å². The SMILES string of the molecule is C=Cc1cc(-c2ccccc2OC)c(C(=O)OCC)cn1. The smallest absolute Gasteiger partial charge is 0.340 e. The number of carbonyl (C=O) groups is 1. The minimum atomic E-state index is -0.401. The first kappa shape index (κ1) is 14.8. The van der Waals surface area contributed by atoms with Crippen molar-refractivity contribution in [3.63, 3.8) is 0 Å². The van der Waals surface area contributed by atoms with Crippen LogP contribution >= 0.6 is 0 Å². The van der Waals surface area contributed by atoms with E-state index in [0.717, 1.165) is 11.1 Å². The molecule has 1 aromatic heterocycles. The summed E-state index contributed by atoms with van der Waals surface area (Å²) in [4.78, 5) is 16.3. The zero-order chi connectivity index (χ0) is 15.2. The molecule has 2 aromatic rings. The lowest BCUT2D eigenvalue weighted by atomic mass is 9.99. The Morgan fingerprint density at radius 2 is 2.10 bits per heavy atom. The van der Waals surface area contributed by atoms with Gasteiger partial charge in [0.05, 0.1) is 25.0 Å². The van der Waals surface area contributed by atoms with Crippen LogP contribution in [0.15, 0.2) is 43.1 Å². The Hall–Kier alpha value is -2.62. The number of nitrogens with zero attached hydrogens (tertiary/aromatic N) is 1. The largest absolute Gasteiger partial charge is 0.496 e. The molecule has 0 unspecified atom stereocenters. The van der Waals surface area contributed by atoms with Crippen LogP contribution in [0.25, 0.3) is 17.2 Å². The summed E-state index contributed by atoms with van der Waals surface area (Å²) < 4.78 is 10.5. The number of methoxy groups -OCH3 is 1. The van der Waals surface area contributed by atoms with Crippen LogP contribution in [0.5, 0.6) is 5.75 Å². The number of benzene rings is 1. The van der Waals surface area contributed by atoms with Crippen molar-refractivity contribution in [1.82, 2.24) is 4.98 Å². The number of hydrogen-bond donors (Lipinski definition) is 0. The van der Waals surface area contributed by atoms with Crippen LogP contribution in [0.2, 0.25) is 0 Å². The molecule has 0 amide bonds. The molecule has 0 aliphatic heterocycles. The maximum absolute atomic E-state index is 12.1. The summed E-state index contributed by atoms with van der Waals surface area (Å²) in [5.74, 6) is 0.283. The minimum absolute atomic E-state index is 0.313. The van der Waals surface area contributed by atoms with Gasteiger partial charge in [0.2, 0.25) is 0 Å². The molecular formula is C17H17NO3. The topological polar surface area (TPSA) is 48.4 Å². The molecule has 0 bridgehead atoms. The highest BCUT2D eigenvalue weighted by Crippen LogP contribution is 2.32. The summed E-state index contributed by atoms with van der Waals surface area (Å²) in [5, 5.41) is 0. The quantitative estimate of drug-likeness (QED) is 0.787. The summed E-state index contributed by atoms with van der Waals surface area (Å²) in [5.41, 5.74) is 2.63. The van der Waals surface area contributed by atoms with Gasteiger partial charge >= 0.3 is 5.97 Å². The van der Waals surface area contributed by atoms with Crippen LogP contribution in [0.4, 0.5) is 0 Å². The minimum Gasteiger partial charge on any atom is -0.496 e. The highest BCUT2D eigenvalue weighted by Gasteiger charge is 2.17. The van der Waals surface area contributed by atoms with Gasteiger partial charge in [-0.25, -0.2) is 4.79 Å². The highest BCUT2D eigenvalue weighted by molar-refractivity contribution is 5.98. The summed E-state index contributed by atoms with van der Waals surface area (Å²) in [6.07, 6.45) is 3.14. The predicted octanol–water partition coefficient (Wildman–Crippen LogP) is 3.58.